The summed E-state index contributed by atoms with van der Waals surface area (Å²) in [5.74, 6) is 0.920. The average Bonchev–Trinajstić information content (AvgIpc) is 2.77. The first kappa shape index (κ1) is 10.9. The number of aliphatic hydroxyl groups excluding tert-OH is 1. The van der Waals surface area contributed by atoms with Crippen molar-refractivity contribution < 1.29 is 5.11 Å². The van der Waals surface area contributed by atoms with Crippen LogP contribution in [-0.4, -0.2) is 22.7 Å². The van der Waals surface area contributed by atoms with Crippen LogP contribution in [0.15, 0.2) is 18.3 Å². The van der Waals surface area contributed by atoms with E-state index in [4.69, 9.17) is 5.26 Å². The highest BCUT2D eigenvalue weighted by atomic mass is 16.3. The zero-order chi connectivity index (χ0) is 11.4. The quantitative estimate of drug-likeness (QED) is 0.805. The van der Waals surface area contributed by atoms with E-state index in [0.29, 0.717) is 11.4 Å². The van der Waals surface area contributed by atoms with Gasteiger partial charge in [-0.25, -0.2) is 4.98 Å². The SMILES string of the molecule is N#Cc1cccnc1NC1CCCC1CO. The van der Waals surface area contributed by atoms with Gasteiger partial charge in [-0.05, 0) is 25.0 Å². The van der Waals surface area contributed by atoms with Crippen LogP contribution < -0.4 is 5.32 Å². The van der Waals surface area contributed by atoms with Crippen LogP contribution in [0.3, 0.4) is 0 Å². The van der Waals surface area contributed by atoms with Crippen LogP contribution in [0.1, 0.15) is 24.8 Å². The molecule has 1 aliphatic carbocycles. The van der Waals surface area contributed by atoms with Crippen molar-refractivity contribution in [1.29, 1.82) is 5.26 Å². The molecule has 2 unspecified atom stereocenters. The van der Waals surface area contributed by atoms with E-state index in [-0.39, 0.29) is 18.6 Å². The second kappa shape index (κ2) is 4.95. The fourth-order valence-corrected chi connectivity index (χ4v) is 2.23. The number of aromatic nitrogens is 1. The third-order valence-corrected chi connectivity index (χ3v) is 3.14. The number of anilines is 1. The second-order valence-electron chi connectivity index (χ2n) is 4.14. The van der Waals surface area contributed by atoms with Gasteiger partial charge in [0.25, 0.3) is 0 Å². The molecule has 4 nitrogen and oxygen atoms in total. The van der Waals surface area contributed by atoms with Crippen LogP contribution in [0.2, 0.25) is 0 Å². The zero-order valence-corrected chi connectivity index (χ0v) is 9.06. The minimum absolute atomic E-state index is 0.201. The molecule has 1 aliphatic rings. The summed E-state index contributed by atoms with van der Waals surface area (Å²) < 4.78 is 0. The number of hydrogen-bond acceptors (Lipinski definition) is 4. The summed E-state index contributed by atoms with van der Waals surface area (Å²) in [6.07, 6.45) is 4.87. The van der Waals surface area contributed by atoms with Crippen molar-refractivity contribution in [2.45, 2.75) is 25.3 Å². The Morgan fingerprint density at radius 3 is 3.19 bits per heavy atom. The summed E-state index contributed by atoms with van der Waals surface area (Å²) in [6.45, 7) is 0.201. The molecule has 1 heterocycles. The molecular formula is C12H15N3O. The Kier molecular flexibility index (Phi) is 3.37. The first-order valence-electron chi connectivity index (χ1n) is 5.57. The Morgan fingerprint density at radius 2 is 2.44 bits per heavy atom. The highest BCUT2D eigenvalue weighted by Crippen LogP contribution is 2.28. The van der Waals surface area contributed by atoms with E-state index in [1.165, 1.54) is 0 Å². The van der Waals surface area contributed by atoms with Crippen molar-refractivity contribution in [3.8, 4) is 6.07 Å². The van der Waals surface area contributed by atoms with Gasteiger partial charge < -0.3 is 10.4 Å². The van der Waals surface area contributed by atoms with Gasteiger partial charge in [0.2, 0.25) is 0 Å². The lowest BCUT2D eigenvalue weighted by Gasteiger charge is -2.19. The molecule has 0 amide bonds. The number of hydrogen-bond donors (Lipinski definition) is 2. The Morgan fingerprint density at radius 1 is 1.56 bits per heavy atom. The van der Waals surface area contributed by atoms with Crippen LogP contribution in [0.25, 0.3) is 0 Å². The van der Waals surface area contributed by atoms with Gasteiger partial charge >= 0.3 is 0 Å². The smallest absolute Gasteiger partial charge is 0.144 e. The van der Waals surface area contributed by atoms with Crippen molar-refractivity contribution in [2.75, 3.05) is 11.9 Å². The second-order valence-corrected chi connectivity index (χ2v) is 4.14. The van der Waals surface area contributed by atoms with Crippen molar-refractivity contribution >= 4 is 5.82 Å². The number of pyridine rings is 1. The molecule has 2 rings (SSSR count). The minimum atomic E-state index is 0.201. The van der Waals surface area contributed by atoms with Crippen molar-refractivity contribution in [2.24, 2.45) is 5.92 Å². The molecular weight excluding hydrogens is 202 g/mol. The summed E-state index contributed by atoms with van der Waals surface area (Å²) in [7, 11) is 0. The van der Waals surface area contributed by atoms with Crippen LogP contribution in [0.5, 0.6) is 0 Å². The van der Waals surface area contributed by atoms with E-state index in [9.17, 15) is 5.11 Å². The number of nitrogens with one attached hydrogen (secondary N) is 1. The average molecular weight is 217 g/mol. The highest BCUT2D eigenvalue weighted by molar-refractivity contribution is 5.51. The Balaban J connectivity index is 2.12. The fraction of sp³-hybridized carbons (Fsp3) is 0.500. The molecule has 0 aromatic carbocycles. The summed E-state index contributed by atoms with van der Waals surface area (Å²) >= 11 is 0. The number of rotatable bonds is 3. The Labute approximate surface area is 94.9 Å². The van der Waals surface area contributed by atoms with E-state index >= 15 is 0 Å². The standard InChI is InChI=1S/C12H15N3O/c13-7-9-4-2-6-14-12(9)15-11-5-1-3-10(11)8-16/h2,4,6,10-11,16H,1,3,5,8H2,(H,14,15). The molecule has 16 heavy (non-hydrogen) atoms. The lowest BCUT2D eigenvalue weighted by Crippen LogP contribution is -2.27. The monoisotopic (exact) mass is 217 g/mol. The topological polar surface area (TPSA) is 68.9 Å². The van der Waals surface area contributed by atoms with E-state index in [1.807, 2.05) is 0 Å². The maximum absolute atomic E-state index is 9.22. The first-order chi connectivity index (χ1) is 7.85. The van der Waals surface area contributed by atoms with Gasteiger partial charge in [-0.3, -0.25) is 0 Å². The summed E-state index contributed by atoms with van der Waals surface area (Å²) in [5, 5.41) is 21.4. The molecule has 1 saturated carbocycles. The van der Waals surface area contributed by atoms with E-state index in [1.54, 1.807) is 18.3 Å². The number of aliphatic hydroxyl groups is 1. The van der Waals surface area contributed by atoms with Crippen molar-refractivity contribution in [3.05, 3.63) is 23.9 Å². The third-order valence-electron chi connectivity index (χ3n) is 3.14. The van der Waals surface area contributed by atoms with Gasteiger partial charge in [0, 0.05) is 24.8 Å². The normalized spacial score (nSPS) is 24.0. The largest absolute Gasteiger partial charge is 0.396 e. The van der Waals surface area contributed by atoms with Crippen LogP contribution >= 0.6 is 0 Å². The predicted molar refractivity (Wildman–Crippen MR) is 60.8 cm³/mol. The fourth-order valence-electron chi connectivity index (χ4n) is 2.23. The number of nitrogens with zero attached hydrogens (tertiary/aromatic N) is 2. The lowest BCUT2D eigenvalue weighted by molar-refractivity contribution is 0.222. The zero-order valence-electron chi connectivity index (χ0n) is 9.06. The molecule has 1 aromatic rings. The minimum Gasteiger partial charge on any atom is -0.396 e. The van der Waals surface area contributed by atoms with Crippen LogP contribution in [0, 0.1) is 17.2 Å². The molecule has 0 bridgehead atoms. The first-order valence-corrected chi connectivity index (χ1v) is 5.57. The Hall–Kier alpha value is -1.60. The lowest BCUT2D eigenvalue weighted by atomic mass is 10.0. The molecule has 1 fully saturated rings. The molecule has 0 radical (unpaired) electrons. The number of nitriles is 1. The summed E-state index contributed by atoms with van der Waals surface area (Å²) in [4.78, 5) is 4.17. The van der Waals surface area contributed by atoms with Crippen LogP contribution in [-0.2, 0) is 0 Å². The predicted octanol–water partition coefficient (Wildman–Crippen LogP) is 1.53. The molecule has 0 saturated heterocycles. The molecule has 4 heteroatoms. The Bertz CT molecular complexity index is 399. The molecule has 2 atom stereocenters. The molecule has 84 valence electrons. The van der Waals surface area contributed by atoms with Gasteiger partial charge in [0.05, 0.1) is 5.56 Å². The van der Waals surface area contributed by atoms with Gasteiger partial charge in [-0.15, -0.1) is 0 Å². The molecule has 2 N–H and O–H groups in total. The third kappa shape index (κ3) is 2.15. The van der Waals surface area contributed by atoms with Gasteiger partial charge in [-0.2, -0.15) is 5.26 Å². The summed E-state index contributed by atoms with van der Waals surface area (Å²) in [5.41, 5.74) is 0.561. The van der Waals surface area contributed by atoms with E-state index in [0.717, 1.165) is 19.3 Å². The van der Waals surface area contributed by atoms with Crippen molar-refractivity contribution in [1.82, 2.24) is 4.98 Å². The van der Waals surface area contributed by atoms with E-state index in [2.05, 4.69) is 16.4 Å². The maximum Gasteiger partial charge on any atom is 0.144 e. The highest BCUT2D eigenvalue weighted by Gasteiger charge is 2.27. The van der Waals surface area contributed by atoms with Crippen LogP contribution in [0.4, 0.5) is 5.82 Å². The van der Waals surface area contributed by atoms with E-state index < -0.39 is 0 Å². The van der Waals surface area contributed by atoms with Gasteiger partial charge in [-0.1, -0.05) is 6.42 Å². The van der Waals surface area contributed by atoms with Crippen molar-refractivity contribution in [3.63, 3.8) is 0 Å². The van der Waals surface area contributed by atoms with Gasteiger partial charge in [0.15, 0.2) is 0 Å². The van der Waals surface area contributed by atoms with Gasteiger partial charge in [0.1, 0.15) is 11.9 Å². The molecule has 0 aliphatic heterocycles. The molecule has 1 aromatic heterocycles. The maximum atomic E-state index is 9.22. The molecule has 0 spiro atoms. The summed E-state index contributed by atoms with van der Waals surface area (Å²) in [6, 6.07) is 5.86.